The summed E-state index contributed by atoms with van der Waals surface area (Å²) in [6.07, 6.45) is 0.886. The highest BCUT2D eigenvalue weighted by molar-refractivity contribution is 7.09. The average molecular weight is 282 g/mol. The number of nitrogens with one attached hydrogen (secondary N) is 1. The van der Waals surface area contributed by atoms with Gasteiger partial charge in [0.1, 0.15) is 16.6 Å². The molecule has 102 valence electrons. The fraction of sp³-hybridized carbons (Fsp3) is 0.357. The molecule has 2 nitrogen and oxygen atoms in total. The van der Waals surface area contributed by atoms with Crippen molar-refractivity contribution in [2.45, 2.75) is 26.3 Å². The van der Waals surface area contributed by atoms with Crippen molar-refractivity contribution >= 4 is 11.3 Å². The molecule has 19 heavy (non-hydrogen) atoms. The van der Waals surface area contributed by atoms with Crippen molar-refractivity contribution in [2.75, 3.05) is 6.54 Å². The number of benzene rings is 1. The minimum Gasteiger partial charge on any atom is -0.304 e. The van der Waals surface area contributed by atoms with Crippen LogP contribution in [0.4, 0.5) is 8.78 Å². The molecular weight excluding hydrogens is 266 g/mol. The second-order valence-electron chi connectivity index (χ2n) is 4.35. The average Bonchev–Trinajstić information content (AvgIpc) is 2.79. The third-order valence-corrected chi connectivity index (χ3v) is 3.80. The van der Waals surface area contributed by atoms with Gasteiger partial charge < -0.3 is 5.32 Å². The van der Waals surface area contributed by atoms with Gasteiger partial charge in [-0.2, -0.15) is 0 Å². The van der Waals surface area contributed by atoms with E-state index in [0.29, 0.717) is 11.6 Å². The second-order valence-corrected chi connectivity index (χ2v) is 5.24. The Morgan fingerprint density at radius 2 is 2.00 bits per heavy atom. The Morgan fingerprint density at radius 3 is 2.53 bits per heavy atom. The molecule has 1 aromatic carbocycles. The summed E-state index contributed by atoms with van der Waals surface area (Å²) in [6, 6.07) is 3.40. The van der Waals surface area contributed by atoms with E-state index in [2.05, 4.69) is 10.3 Å². The van der Waals surface area contributed by atoms with Crippen molar-refractivity contribution in [1.82, 2.24) is 10.3 Å². The Labute approximate surface area is 115 Å². The number of thiazole rings is 1. The molecule has 1 atom stereocenters. The monoisotopic (exact) mass is 282 g/mol. The minimum absolute atomic E-state index is 0.0466. The molecule has 1 N–H and O–H groups in total. The third kappa shape index (κ3) is 3.16. The normalized spacial score (nSPS) is 12.6. The van der Waals surface area contributed by atoms with E-state index in [4.69, 9.17) is 0 Å². The Hall–Kier alpha value is -1.33. The predicted molar refractivity (Wildman–Crippen MR) is 73.3 cm³/mol. The largest absolute Gasteiger partial charge is 0.304 e. The molecule has 2 rings (SSSR count). The van der Waals surface area contributed by atoms with E-state index in [-0.39, 0.29) is 5.56 Å². The van der Waals surface area contributed by atoms with E-state index in [9.17, 15) is 8.78 Å². The standard InChI is InChI=1S/C14H16F2N2S/c1-3-7-17-13(14-18-9(2)8-19-14)12-10(15)5-4-6-11(12)16/h4-6,8,13,17H,3,7H2,1-2H3. The van der Waals surface area contributed by atoms with Crippen LogP contribution in [0, 0.1) is 18.6 Å². The highest BCUT2D eigenvalue weighted by atomic mass is 32.1. The van der Waals surface area contributed by atoms with Crippen LogP contribution >= 0.6 is 11.3 Å². The molecule has 1 unspecified atom stereocenters. The first-order valence-corrected chi connectivity index (χ1v) is 7.10. The van der Waals surface area contributed by atoms with Crippen molar-refractivity contribution in [3.05, 3.63) is 51.5 Å². The molecular formula is C14H16F2N2S. The zero-order valence-corrected chi connectivity index (χ0v) is 11.7. The smallest absolute Gasteiger partial charge is 0.131 e. The van der Waals surface area contributed by atoms with Gasteiger partial charge in [-0.3, -0.25) is 0 Å². The first kappa shape index (κ1) is 14.1. The zero-order chi connectivity index (χ0) is 13.8. The number of aryl methyl sites for hydroxylation is 1. The molecule has 0 aliphatic heterocycles. The fourth-order valence-corrected chi connectivity index (χ4v) is 2.77. The van der Waals surface area contributed by atoms with Gasteiger partial charge in [0.05, 0.1) is 6.04 Å². The van der Waals surface area contributed by atoms with Crippen molar-refractivity contribution in [1.29, 1.82) is 0 Å². The number of rotatable bonds is 5. The van der Waals surface area contributed by atoms with Crippen LogP contribution in [0.1, 0.15) is 35.7 Å². The molecule has 5 heteroatoms. The van der Waals surface area contributed by atoms with Crippen molar-refractivity contribution in [3.63, 3.8) is 0 Å². The topological polar surface area (TPSA) is 24.9 Å². The molecule has 0 spiro atoms. The lowest BCUT2D eigenvalue weighted by molar-refractivity contribution is 0.501. The molecule has 0 aliphatic carbocycles. The predicted octanol–water partition coefficient (Wildman–Crippen LogP) is 3.82. The van der Waals surface area contributed by atoms with Crippen LogP contribution in [0.2, 0.25) is 0 Å². The van der Waals surface area contributed by atoms with Crippen LogP contribution in [-0.2, 0) is 0 Å². The van der Waals surface area contributed by atoms with Gasteiger partial charge in [0.15, 0.2) is 0 Å². The summed E-state index contributed by atoms with van der Waals surface area (Å²) in [4.78, 5) is 4.35. The lowest BCUT2D eigenvalue weighted by Gasteiger charge is -2.18. The summed E-state index contributed by atoms with van der Waals surface area (Å²) in [6.45, 7) is 4.56. The van der Waals surface area contributed by atoms with E-state index in [0.717, 1.165) is 12.1 Å². The van der Waals surface area contributed by atoms with E-state index < -0.39 is 17.7 Å². The van der Waals surface area contributed by atoms with E-state index >= 15 is 0 Å². The van der Waals surface area contributed by atoms with Gasteiger partial charge in [0.25, 0.3) is 0 Å². The van der Waals surface area contributed by atoms with Gasteiger partial charge in [-0.1, -0.05) is 13.0 Å². The molecule has 1 aromatic heterocycles. The summed E-state index contributed by atoms with van der Waals surface area (Å²) < 4.78 is 27.8. The Balaban J connectivity index is 2.42. The molecule has 0 amide bonds. The number of halogens is 2. The summed E-state index contributed by atoms with van der Waals surface area (Å²) in [7, 11) is 0. The lowest BCUT2D eigenvalue weighted by atomic mass is 10.1. The van der Waals surface area contributed by atoms with Crippen LogP contribution in [0.5, 0.6) is 0 Å². The van der Waals surface area contributed by atoms with Gasteiger partial charge in [-0.15, -0.1) is 11.3 Å². The molecule has 2 aromatic rings. The Kier molecular flexibility index (Phi) is 4.61. The number of nitrogens with zero attached hydrogens (tertiary/aromatic N) is 1. The van der Waals surface area contributed by atoms with Crippen LogP contribution in [0.15, 0.2) is 23.6 Å². The Bertz CT molecular complexity index is 534. The summed E-state index contributed by atoms with van der Waals surface area (Å²) >= 11 is 1.41. The molecule has 0 saturated carbocycles. The number of hydrogen-bond acceptors (Lipinski definition) is 3. The maximum absolute atomic E-state index is 13.9. The lowest BCUT2D eigenvalue weighted by Crippen LogP contribution is -2.25. The van der Waals surface area contributed by atoms with E-state index in [1.165, 1.54) is 29.5 Å². The van der Waals surface area contributed by atoms with E-state index in [1.54, 1.807) is 0 Å². The van der Waals surface area contributed by atoms with Crippen LogP contribution in [-0.4, -0.2) is 11.5 Å². The van der Waals surface area contributed by atoms with Gasteiger partial charge in [0.2, 0.25) is 0 Å². The highest BCUT2D eigenvalue weighted by Crippen LogP contribution is 2.29. The van der Waals surface area contributed by atoms with Gasteiger partial charge in [-0.25, -0.2) is 13.8 Å². The molecule has 1 heterocycles. The second kappa shape index (κ2) is 6.21. The maximum Gasteiger partial charge on any atom is 0.131 e. The summed E-state index contributed by atoms with van der Waals surface area (Å²) in [5, 5.41) is 5.74. The fourth-order valence-electron chi connectivity index (χ4n) is 1.89. The van der Waals surface area contributed by atoms with Crippen molar-refractivity contribution < 1.29 is 8.78 Å². The summed E-state index contributed by atoms with van der Waals surface area (Å²) in [5.74, 6) is -1.08. The quantitative estimate of drug-likeness (QED) is 0.901. The van der Waals surface area contributed by atoms with Gasteiger partial charge in [-0.05, 0) is 32.0 Å². The highest BCUT2D eigenvalue weighted by Gasteiger charge is 2.23. The third-order valence-electron chi connectivity index (χ3n) is 2.77. The van der Waals surface area contributed by atoms with Crippen molar-refractivity contribution in [2.24, 2.45) is 0 Å². The van der Waals surface area contributed by atoms with Crippen LogP contribution < -0.4 is 5.32 Å². The number of aromatic nitrogens is 1. The molecule has 0 saturated heterocycles. The first-order chi connectivity index (χ1) is 9.13. The van der Waals surface area contributed by atoms with E-state index in [1.807, 2.05) is 19.2 Å². The first-order valence-electron chi connectivity index (χ1n) is 6.22. The molecule has 0 fully saturated rings. The maximum atomic E-state index is 13.9. The molecule has 0 bridgehead atoms. The van der Waals surface area contributed by atoms with Gasteiger partial charge >= 0.3 is 0 Å². The van der Waals surface area contributed by atoms with Crippen LogP contribution in [0.25, 0.3) is 0 Å². The SMILES string of the molecule is CCCNC(c1nc(C)cs1)c1c(F)cccc1F. The Morgan fingerprint density at radius 1 is 1.32 bits per heavy atom. The zero-order valence-electron chi connectivity index (χ0n) is 10.9. The molecule has 0 radical (unpaired) electrons. The van der Waals surface area contributed by atoms with Crippen molar-refractivity contribution in [3.8, 4) is 0 Å². The minimum atomic E-state index is -0.540. The van der Waals surface area contributed by atoms with Crippen LogP contribution in [0.3, 0.4) is 0 Å². The number of hydrogen-bond donors (Lipinski definition) is 1. The van der Waals surface area contributed by atoms with Gasteiger partial charge in [0, 0.05) is 16.6 Å². The molecule has 0 aliphatic rings. The summed E-state index contributed by atoms with van der Waals surface area (Å²) in [5.41, 5.74) is 0.908.